The number of carbonyl (C=O) groups excluding carboxylic acids is 1. The van der Waals surface area contributed by atoms with E-state index in [1.165, 1.54) is 4.57 Å². The number of amides is 1. The molecule has 2 aromatic heterocycles. The SMILES string of the molecule is O=C([C@H]1CC[C@H](Oc2cc(-n3c(C(F)F)nc4ccccc43)nc(N3CCOCC3)n2)CC1)N1CCN(CCO)CC1. The highest BCUT2D eigenvalue weighted by Gasteiger charge is 2.32. The molecule has 4 heterocycles. The first-order valence-corrected chi connectivity index (χ1v) is 14.8. The van der Waals surface area contributed by atoms with E-state index < -0.39 is 6.43 Å². The van der Waals surface area contributed by atoms with Crippen LogP contribution in [0.3, 0.4) is 0 Å². The van der Waals surface area contributed by atoms with Crippen molar-refractivity contribution in [3.8, 4) is 11.7 Å². The van der Waals surface area contributed by atoms with Crippen molar-refractivity contribution in [2.24, 2.45) is 5.92 Å². The molecule has 1 amide bonds. The highest BCUT2D eigenvalue weighted by Crippen LogP contribution is 2.32. The quantitative estimate of drug-likeness (QED) is 0.427. The van der Waals surface area contributed by atoms with Gasteiger partial charge in [-0.25, -0.2) is 13.8 Å². The Balaban J connectivity index is 1.19. The summed E-state index contributed by atoms with van der Waals surface area (Å²) in [5.74, 6) is 0.759. The number of halogens is 2. The van der Waals surface area contributed by atoms with Crippen LogP contribution in [0.5, 0.6) is 5.88 Å². The predicted molar refractivity (Wildman–Crippen MR) is 151 cm³/mol. The summed E-state index contributed by atoms with van der Waals surface area (Å²) in [6.07, 6.45) is -0.113. The molecule has 226 valence electrons. The van der Waals surface area contributed by atoms with Crippen molar-refractivity contribution in [1.29, 1.82) is 0 Å². The first-order valence-electron chi connectivity index (χ1n) is 14.8. The highest BCUT2D eigenvalue weighted by atomic mass is 19.3. The van der Waals surface area contributed by atoms with E-state index in [1.54, 1.807) is 30.3 Å². The number of para-hydroxylation sites is 2. The van der Waals surface area contributed by atoms with Crippen molar-refractivity contribution in [2.75, 3.05) is 70.5 Å². The van der Waals surface area contributed by atoms with Crippen molar-refractivity contribution in [3.05, 3.63) is 36.2 Å². The Bertz CT molecular complexity index is 1370. The van der Waals surface area contributed by atoms with E-state index in [0.29, 0.717) is 81.6 Å². The predicted octanol–water partition coefficient (Wildman–Crippen LogP) is 2.66. The average Bonchev–Trinajstić information content (AvgIpc) is 3.42. The number of rotatable bonds is 8. The Kier molecular flexibility index (Phi) is 8.77. The number of aromatic nitrogens is 4. The Morgan fingerprint density at radius 3 is 2.45 bits per heavy atom. The van der Waals surface area contributed by atoms with Gasteiger partial charge in [-0.05, 0) is 37.8 Å². The number of benzene rings is 1. The number of β-amino-alcohol motifs (C(OH)–C–C–N with tert-alkyl or cyclic N) is 1. The van der Waals surface area contributed by atoms with Crippen LogP contribution in [0, 0.1) is 5.92 Å². The minimum Gasteiger partial charge on any atom is -0.474 e. The van der Waals surface area contributed by atoms with Crippen molar-refractivity contribution < 1.29 is 28.2 Å². The van der Waals surface area contributed by atoms with Gasteiger partial charge in [0.15, 0.2) is 5.82 Å². The standard InChI is InChI=1S/C29H37F2N7O4/c30-26(31)27-32-22-3-1-2-4-23(22)38(27)24-19-25(34-29(33-24)37-14-17-41-18-15-37)42-21-7-5-20(6-8-21)28(40)36-11-9-35(10-12-36)13-16-39/h1-4,19-21,26,39H,5-18H2/t20-,21-. The minimum atomic E-state index is -2.80. The molecule has 3 fully saturated rings. The molecule has 6 rings (SSSR count). The topological polar surface area (TPSA) is 109 Å². The molecule has 3 aromatic rings. The van der Waals surface area contributed by atoms with Gasteiger partial charge in [0.2, 0.25) is 17.7 Å². The van der Waals surface area contributed by atoms with Gasteiger partial charge in [-0.15, -0.1) is 0 Å². The molecule has 1 aliphatic carbocycles. The molecule has 0 unspecified atom stereocenters. The van der Waals surface area contributed by atoms with E-state index in [1.807, 2.05) is 9.80 Å². The number of imidazole rings is 1. The summed E-state index contributed by atoms with van der Waals surface area (Å²) in [6.45, 7) is 5.92. The number of alkyl halides is 2. The van der Waals surface area contributed by atoms with Gasteiger partial charge in [0.1, 0.15) is 11.9 Å². The lowest BCUT2D eigenvalue weighted by Crippen LogP contribution is -2.51. The summed E-state index contributed by atoms with van der Waals surface area (Å²) in [5, 5.41) is 9.17. The van der Waals surface area contributed by atoms with Crippen LogP contribution in [-0.4, -0.2) is 112 Å². The number of ether oxygens (including phenoxy) is 2. The van der Waals surface area contributed by atoms with Crippen LogP contribution in [0.1, 0.15) is 37.9 Å². The van der Waals surface area contributed by atoms with Gasteiger partial charge in [0.05, 0.1) is 30.9 Å². The molecule has 3 aliphatic rings. The summed E-state index contributed by atoms with van der Waals surface area (Å²) in [5.41, 5.74) is 0.987. The van der Waals surface area contributed by atoms with Gasteiger partial charge in [0, 0.05) is 57.8 Å². The summed E-state index contributed by atoms with van der Waals surface area (Å²) in [7, 11) is 0. The largest absolute Gasteiger partial charge is 0.474 e. The van der Waals surface area contributed by atoms with E-state index in [9.17, 15) is 13.6 Å². The lowest BCUT2D eigenvalue weighted by molar-refractivity contribution is -0.138. The van der Waals surface area contributed by atoms with Gasteiger partial charge in [-0.1, -0.05) is 12.1 Å². The monoisotopic (exact) mass is 585 g/mol. The van der Waals surface area contributed by atoms with Crippen LogP contribution in [0.2, 0.25) is 0 Å². The first kappa shape index (κ1) is 28.7. The van der Waals surface area contributed by atoms with Crippen LogP contribution in [0.15, 0.2) is 30.3 Å². The number of aliphatic hydroxyl groups is 1. The van der Waals surface area contributed by atoms with Crippen LogP contribution in [-0.2, 0) is 9.53 Å². The zero-order valence-electron chi connectivity index (χ0n) is 23.6. The molecule has 2 aliphatic heterocycles. The zero-order valence-corrected chi connectivity index (χ0v) is 23.6. The molecule has 0 bridgehead atoms. The maximum absolute atomic E-state index is 14.1. The Morgan fingerprint density at radius 1 is 1.00 bits per heavy atom. The number of hydrogen-bond acceptors (Lipinski definition) is 9. The molecule has 1 saturated carbocycles. The number of nitrogens with zero attached hydrogens (tertiary/aromatic N) is 7. The van der Waals surface area contributed by atoms with Gasteiger partial charge >= 0.3 is 0 Å². The Hall–Kier alpha value is -3.42. The third-order valence-corrected chi connectivity index (χ3v) is 8.39. The van der Waals surface area contributed by atoms with Gasteiger partial charge in [-0.3, -0.25) is 14.3 Å². The van der Waals surface area contributed by atoms with Crippen LogP contribution in [0.4, 0.5) is 14.7 Å². The molecule has 1 N–H and O–H groups in total. The second-order valence-electron chi connectivity index (χ2n) is 11.0. The third-order valence-electron chi connectivity index (χ3n) is 8.39. The maximum Gasteiger partial charge on any atom is 0.296 e. The molecule has 1 aromatic carbocycles. The number of anilines is 1. The summed E-state index contributed by atoms with van der Waals surface area (Å²) in [4.78, 5) is 32.8. The molecule has 0 atom stereocenters. The third kappa shape index (κ3) is 6.18. The van der Waals surface area contributed by atoms with Crippen molar-refractivity contribution in [2.45, 2.75) is 38.2 Å². The number of hydrogen-bond donors (Lipinski definition) is 1. The smallest absolute Gasteiger partial charge is 0.296 e. The highest BCUT2D eigenvalue weighted by molar-refractivity contribution is 5.79. The number of piperazine rings is 1. The summed E-state index contributed by atoms with van der Waals surface area (Å²) in [6, 6.07) is 8.60. The van der Waals surface area contributed by atoms with Crippen molar-refractivity contribution in [1.82, 2.24) is 29.3 Å². The number of carbonyl (C=O) groups is 1. The van der Waals surface area contributed by atoms with E-state index in [2.05, 4.69) is 14.9 Å². The molecule has 11 nitrogen and oxygen atoms in total. The van der Waals surface area contributed by atoms with Gasteiger partial charge in [0.25, 0.3) is 6.43 Å². The van der Waals surface area contributed by atoms with Gasteiger partial charge in [-0.2, -0.15) is 9.97 Å². The minimum absolute atomic E-state index is 0.0370. The fourth-order valence-electron chi connectivity index (χ4n) is 6.10. The normalized spacial score (nSPS) is 22.2. The number of morpholine rings is 1. The van der Waals surface area contributed by atoms with E-state index in [4.69, 9.17) is 19.6 Å². The Labute approximate surface area is 243 Å². The van der Waals surface area contributed by atoms with E-state index in [-0.39, 0.29) is 36.2 Å². The number of fused-ring (bicyclic) bond motifs is 1. The molecular formula is C29H37F2N7O4. The lowest BCUT2D eigenvalue weighted by Gasteiger charge is -2.37. The summed E-state index contributed by atoms with van der Waals surface area (Å²) < 4.78 is 41.5. The fraction of sp³-hybridized carbons (Fsp3) is 0.586. The molecule has 0 radical (unpaired) electrons. The van der Waals surface area contributed by atoms with E-state index in [0.717, 1.165) is 25.9 Å². The summed E-state index contributed by atoms with van der Waals surface area (Å²) >= 11 is 0. The molecule has 42 heavy (non-hydrogen) atoms. The number of aliphatic hydroxyl groups excluding tert-OH is 1. The molecular weight excluding hydrogens is 548 g/mol. The Morgan fingerprint density at radius 2 is 1.74 bits per heavy atom. The van der Waals surface area contributed by atoms with Gasteiger partial charge < -0.3 is 24.4 Å². The fourth-order valence-corrected chi connectivity index (χ4v) is 6.10. The van der Waals surface area contributed by atoms with Crippen molar-refractivity contribution >= 4 is 22.9 Å². The lowest BCUT2D eigenvalue weighted by atomic mass is 9.86. The maximum atomic E-state index is 14.1. The van der Waals surface area contributed by atoms with Crippen molar-refractivity contribution in [3.63, 3.8) is 0 Å². The second-order valence-corrected chi connectivity index (χ2v) is 11.0. The van der Waals surface area contributed by atoms with Crippen LogP contribution < -0.4 is 9.64 Å². The molecule has 0 spiro atoms. The molecule has 2 saturated heterocycles. The average molecular weight is 586 g/mol. The zero-order chi connectivity index (χ0) is 29.1. The van der Waals surface area contributed by atoms with E-state index >= 15 is 0 Å². The first-order chi connectivity index (χ1) is 20.5. The second kappa shape index (κ2) is 12.8. The van der Waals surface area contributed by atoms with Crippen LogP contribution >= 0.6 is 0 Å². The molecule has 13 heteroatoms. The van der Waals surface area contributed by atoms with Crippen LogP contribution in [0.25, 0.3) is 16.9 Å².